The molecule has 2 rings (SSSR count). The zero-order chi connectivity index (χ0) is 14.0. The molecule has 1 fully saturated rings. The van der Waals surface area contributed by atoms with Gasteiger partial charge in [0.1, 0.15) is 5.75 Å². The first-order valence-electron chi connectivity index (χ1n) is 6.24. The van der Waals surface area contributed by atoms with Crippen LogP contribution in [0.2, 0.25) is 0 Å². The fraction of sp³-hybridized carbons (Fsp3) is 0.429. The maximum atomic E-state index is 11.9. The minimum Gasteiger partial charge on any atom is -0.481 e. The van der Waals surface area contributed by atoms with Crippen LogP contribution in [-0.2, 0) is 4.79 Å². The van der Waals surface area contributed by atoms with E-state index in [1.54, 1.807) is 6.07 Å². The molecule has 0 saturated carbocycles. The van der Waals surface area contributed by atoms with E-state index in [0.717, 1.165) is 11.1 Å². The predicted octanol–water partition coefficient (Wildman–Crippen LogP) is 2.21. The van der Waals surface area contributed by atoms with E-state index in [0.29, 0.717) is 18.7 Å². The second-order valence-corrected chi connectivity index (χ2v) is 4.91. The number of aryl methyl sites for hydroxylation is 2. The molecule has 1 unspecified atom stereocenters. The highest BCUT2D eigenvalue weighted by Gasteiger charge is 2.31. The topological polar surface area (TPSA) is 66.8 Å². The van der Waals surface area contributed by atoms with Gasteiger partial charge < -0.3 is 14.7 Å². The van der Waals surface area contributed by atoms with Gasteiger partial charge in [-0.3, -0.25) is 4.79 Å². The molecule has 5 nitrogen and oxygen atoms in total. The highest BCUT2D eigenvalue weighted by atomic mass is 16.6. The van der Waals surface area contributed by atoms with Crippen molar-refractivity contribution in [2.75, 3.05) is 13.1 Å². The molecule has 0 aromatic heterocycles. The molecule has 1 heterocycles. The van der Waals surface area contributed by atoms with Crippen molar-refractivity contribution in [1.29, 1.82) is 0 Å². The lowest BCUT2D eigenvalue weighted by Gasteiger charge is -2.16. The average Bonchev–Trinajstić information content (AvgIpc) is 2.82. The normalized spacial score (nSPS) is 18.4. The molecule has 19 heavy (non-hydrogen) atoms. The lowest BCUT2D eigenvalue weighted by molar-refractivity contribution is -0.141. The number of nitrogens with zero attached hydrogens (tertiary/aromatic N) is 1. The van der Waals surface area contributed by atoms with E-state index >= 15 is 0 Å². The molecule has 0 bridgehead atoms. The standard InChI is InChI=1S/C14H17NO4/c1-9-3-4-12(10(2)7-9)19-14(18)15-6-5-11(8-15)13(16)17/h3-4,7,11H,5-6,8H2,1-2H3,(H,16,17). The van der Waals surface area contributed by atoms with Crippen LogP contribution < -0.4 is 4.74 Å². The minimum absolute atomic E-state index is 0.221. The summed E-state index contributed by atoms with van der Waals surface area (Å²) in [5.41, 5.74) is 1.99. The number of carbonyl (C=O) groups excluding carboxylic acids is 1. The molecule has 1 aliphatic rings. The van der Waals surface area contributed by atoms with Crippen molar-refractivity contribution >= 4 is 12.1 Å². The molecule has 1 saturated heterocycles. The molecule has 1 amide bonds. The lowest BCUT2D eigenvalue weighted by atomic mass is 10.1. The first-order valence-corrected chi connectivity index (χ1v) is 6.24. The fourth-order valence-electron chi connectivity index (χ4n) is 2.20. The van der Waals surface area contributed by atoms with E-state index in [9.17, 15) is 9.59 Å². The Morgan fingerprint density at radius 3 is 2.68 bits per heavy atom. The molecule has 0 radical (unpaired) electrons. The molecule has 1 atom stereocenters. The van der Waals surface area contributed by atoms with Crippen molar-refractivity contribution in [3.63, 3.8) is 0 Å². The number of hydrogen-bond acceptors (Lipinski definition) is 3. The summed E-state index contributed by atoms with van der Waals surface area (Å²) in [5, 5.41) is 8.90. The van der Waals surface area contributed by atoms with E-state index < -0.39 is 18.0 Å². The molecule has 1 aromatic rings. The molecule has 102 valence electrons. The molecule has 1 N–H and O–H groups in total. The van der Waals surface area contributed by atoms with Gasteiger partial charge in [0.2, 0.25) is 0 Å². The van der Waals surface area contributed by atoms with E-state index in [-0.39, 0.29) is 6.54 Å². The number of ether oxygens (including phenoxy) is 1. The summed E-state index contributed by atoms with van der Waals surface area (Å²) < 4.78 is 5.31. The minimum atomic E-state index is -0.859. The van der Waals surface area contributed by atoms with Crippen LogP contribution >= 0.6 is 0 Å². The molecule has 1 aromatic carbocycles. The molecule has 1 aliphatic heterocycles. The van der Waals surface area contributed by atoms with Crippen LogP contribution in [0.5, 0.6) is 5.75 Å². The fourth-order valence-corrected chi connectivity index (χ4v) is 2.20. The van der Waals surface area contributed by atoms with Crippen molar-refractivity contribution < 1.29 is 19.4 Å². The van der Waals surface area contributed by atoms with Crippen LogP contribution in [-0.4, -0.2) is 35.2 Å². The number of amides is 1. The van der Waals surface area contributed by atoms with Gasteiger partial charge in [0, 0.05) is 13.1 Å². The smallest absolute Gasteiger partial charge is 0.415 e. The number of hydrogen-bond donors (Lipinski definition) is 1. The third kappa shape index (κ3) is 3.05. The van der Waals surface area contributed by atoms with Crippen molar-refractivity contribution in [2.45, 2.75) is 20.3 Å². The number of benzene rings is 1. The van der Waals surface area contributed by atoms with Crippen LogP contribution in [0.1, 0.15) is 17.5 Å². The average molecular weight is 263 g/mol. The second-order valence-electron chi connectivity index (χ2n) is 4.91. The summed E-state index contributed by atoms with van der Waals surface area (Å²) in [4.78, 5) is 24.2. The van der Waals surface area contributed by atoms with Crippen molar-refractivity contribution in [2.24, 2.45) is 5.92 Å². The predicted molar refractivity (Wildman–Crippen MR) is 69.3 cm³/mol. The zero-order valence-corrected chi connectivity index (χ0v) is 11.0. The van der Waals surface area contributed by atoms with Crippen LogP contribution in [0.4, 0.5) is 4.79 Å². The van der Waals surface area contributed by atoms with Gasteiger partial charge in [-0.15, -0.1) is 0 Å². The van der Waals surface area contributed by atoms with Crippen LogP contribution in [0.15, 0.2) is 18.2 Å². The highest BCUT2D eigenvalue weighted by molar-refractivity contribution is 5.75. The summed E-state index contributed by atoms with van der Waals surface area (Å²) in [6.07, 6.45) is 0.00724. The van der Waals surface area contributed by atoms with Gasteiger partial charge in [0.15, 0.2) is 0 Å². The number of likely N-dealkylation sites (tertiary alicyclic amines) is 1. The van der Waals surface area contributed by atoms with Gasteiger partial charge in [-0.2, -0.15) is 0 Å². The van der Waals surface area contributed by atoms with Crippen molar-refractivity contribution in [3.8, 4) is 5.75 Å². The Morgan fingerprint density at radius 1 is 1.37 bits per heavy atom. The summed E-state index contributed by atoms with van der Waals surface area (Å²) in [5.74, 6) is -0.817. The lowest BCUT2D eigenvalue weighted by Crippen LogP contribution is -2.32. The molecule has 0 aliphatic carbocycles. The van der Waals surface area contributed by atoms with Crippen molar-refractivity contribution in [3.05, 3.63) is 29.3 Å². The quantitative estimate of drug-likeness (QED) is 0.888. The number of carboxylic acids is 1. The van der Waals surface area contributed by atoms with Gasteiger partial charge in [-0.25, -0.2) is 4.79 Å². The van der Waals surface area contributed by atoms with E-state index in [2.05, 4.69) is 0 Å². The van der Waals surface area contributed by atoms with Crippen LogP contribution in [0.25, 0.3) is 0 Å². The first-order chi connectivity index (χ1) is 8.97. The van der Waals surface area contributed by atoms with Gasteiger partial charge in [0.25, 0.3) is 0 Å². The van der Waals surface area contributed by atoms with E-state index in [1.165, 1.54) is 4.90 Å². The number of carboxylic acid groups (broad SMARTS) is 1. The Kier molecular flexibility index (Phi) is 3.74. The number of rotatable bonds is 2. The van der Waals surface area contributed by atoms with E-state index in [1.807, 2.05) is 26.0 Å². The van der Waals surface area contributed by atoms with E-state index in [4.69, 9.17) is 9.84 Å². The Labute approximate surface area is 111 Å². The largest absolute Gasteiger partial charge is 0.481 e. The Hall–Kier alpha value is -2.04. The molecular formula is C14H17NO4. The summed E-state index contributed by atoms with van der Waals surface area (Å²) in [6, 6.07) is 5.57. The molecular weight excluding hydrogens is 246 g/mol. The van der Waals surface area contributed by atoms with Gasteiger partial charge in [-0.1, -0.05) is 17.7 Å². The number of aliphatic carboxylic acids is 1. The van der Waals surface area contributed by atoms with Gasteiger partial charge in [-0.05, 0) is 31.9 Å². The first kappa shape index (κ1) is 13.4. The van der Waals surface area contributed by atoms with Crippen LogP contribution in [0, 0.1) is 19.8 Å². The van der Waals surface area contributed by atoms with Crippen molar-refractivity contribution in [1.82, 2.24) is 4.90 Å². The summed E-state index contributed by atoms with van der Waals surface area (Å²) >= 11 is 0. The Bertz CT molecular complexity index is 512. The summed E-state index contributed by atoms with van der Waals surface area (Å²) in [7, 11) is 0. The Balaban J connectivity index is 2.00. The van der Waals surface area contributed by atoms with Crippen LogP contribution in [0.3, 0.4) is 0 Å². The van der Waals surface area contributed by atoms with Gasteiger partial charge in [0.05, 0.1) is 5.92 Å². The molecule has 0 spiro atoms. The number of carbonyl (C=O) groups is 2. The highest BCUT2D eigenvalue weighted by Crippen LogP contribution is 2.22. The second kappa shape index (κ2) is 5.30. The monoisotopic (exact) mass is 263 g/mol. The Morgan fingerprint density at radius 2 is 2.11 bits per heavy atom. The zero-order valence-electron chi connectivity index (χ0n) is 11.0. The molecule has 5 heteroatoms. The third-order valence-corrected chi connectivity index (χ3v) is 3.32. The SMILES string of the molecule is Cc1ccc(OC(=O)N2CCC(C(=O)O)C2)c(C)c1. The maximum Gasteiger partial charge on any atom is 0.415 e. The third-order valence-electron chi connectivity index (χ3n) is 3.32. The maximum absolute atomic E-state index is 11.9. The van der Waals surface area contributed by atoms with Gasteiger partial charge >= 0.3 is 12.1 Å². The summed E-state index contributed by atoms with van der Waals surface area (Å²) in [6.45, 7) is 4.50.